The Morgan fingerprint density at radius 2 is 1.74 bits per heavy atom. The molecule has 6 heteroatoms. The van der Waals surface area contributed by atoms with Gasteiger partial charge in [-0.2, -0.15) is 0 Å². The molecule has 0 aliphatic rings. The van der Waals surface area contributed by atoms with Crippen LogP contribution in [0.25, 0.3) is 0 Å². The van der Waals surface area contributed by atoms with Crippen molar-refractivity contribution in [2.24, 2.45) is 0 Å². The Kier molecular flexibility index (Phi) is 6.33. The number of halogens is 1. The Balaban J connectivity index is 1.71. The van der Waals surface area contributed by atoms with Crippen LogP contribution >= 0.6 is 11.3 Å². The van der Waals surface area contributed by atoms with Gasteiger partial charge in [0, 0.05) is 12.1 Å². The van der Waals surface area contributed by atoms with Crippen molar-refractivity contribution in [1.29, 1.82) is 0 Å². The first-order chi connectivity index (χ1) is 13.1. The lowest BCUT2D eigenvalue weighted by molar-refractivity contribution is -0.130. The molecule has 1 aromatic heterocycles. The lowest BCUT2D eigenvalue weighted by Gasteiger charge is -2.18. The zero-order chi connectivity index (χ0) is 19.1. The van der Waals surface area contributed by atoms with Crippen LogP contribution in [-0.2, 0) is 16.0 Å². The van der Waals surface area contributed by atoms with E-state index in [2.05, 4.69) is 5.32 Å². The zero-order valence-electron chi connectivity index (χ0n) is 14.4. The molecule has 3 aromatic rings. The molecular formula is C21H18FNO3S. The molecule has 138 valence electrons. The van der Waals surface area contributed by atoms with Crippen molar-refractivity contribution in [2.75, 3.05) is 6.54 Å². The lowest BCUT2D eigenvalue weighted by Crippen LogP contribution is -2.34. The fourth-order valence-electron chi connectivity index (χ4n) is 2.57. The van der Waals surface area contributed by atoms with Crippen LogP contribution in [0.3, 0.4) is 0 Å². The number of rotatable bonds is 7. The van der Waals surface area contributed by atoms with Gasteiger partial charge in [-0.1, -0.05) is 54.6 Å². The second kappa shape index (κ2) is 9.09. The van der Waals surface area contributed by atoms with E-state index >= 15 is 0 Å². The van der Waals surface area contributed by atoms with Crippen LogP contribution in [0.4, 0.5) is 4.39 Å². The monoisotopic (exact) mass is 383 g/mol. The number of carbonyl (C=O) groups is 2. The van der Waals surface area contributed by atoms with Gasteiger partial charge in [0.05, 0.1) is 0 Å². The summed E-state index contributed by atoms with van der Waals surface area (Å²) in [6, 6.07) is 18.8. The summed E-state index contributed by atoms with van der Waals surface area (Å²) in [7, 11) is 0. The van der Waals surface area contributed by atoms with Crippen LogP contribution < -0.4 is 5.32 Å². The molecule has 0 aliphatic carbocycles. The van der Waals surface area contributed by atoms with Gasteiger partial charge < -0.3 is 10.1 Å². The standard InChI is InChI=1S/C21H18FNO3S/c22-17-10-5-4-9-16(17)19(26-21(25)18-11-6-14-27-18)20(24)23-13-12-15-7-2-1-3-8-15/h1-11,14,19H,12-13H2,(H,23,24). The number of ether oxygens (including phenoxy) is 1. The third-order valence-corrected chi connectivity index (χ3v) is 4.78. The lowest BCUT2D eigenvalue weighted by atomic mass is 10.1. The molecule has 1 unspecified atom stereocenters. The normalized spacial score (nSPS) is 11.6. The van der Waals surface area contributed by atoms with E-state index in [0.717, 1.165) is 5.56 Å². The number of hydrogen-bond donors (Lipinski definition) is 1. The van der Waals surface area contributed by atoms with Crippen LogP contribution in [-0.4, -0.2) is 18.4 Å². The first kappa shape index (κ1) is 18.8. The Morgan fingerprint density at radius 1 is 1.00 bits per heavy atom. The molecule has 1 atom stereocenters. The molecular weight excluding hydrogens is 365 g/mol. The van der Waals surface area contributed by atoms with Gasteiger partial charge >= 0.3 is 5.97 Å². The number of esters is 1. The quantitative estimate of drug-likeness (QED) is 0.624. The molecule has 0 fully saturated rings. The van der Waals surface area contributed by atoms with Crippen molar-refractivity contribution in [2.45, 2.75) is 12.5 Å². The van der Waals surface area contributed by atoms with Crippen molar-refractivity contribution in [3.8, 4) is 0 Å². The fourth-order valence-corrected chi connectivity index (χ4v) is 3.18. The number of benzene rings is 2. The minimum Gasteiger partial charge on any atom is -0.443 e. The predicted octanol–water partition coefficient (Wildman–Crippen LogP) is 4.14. The largest absolute Gasteiger partial charge is 0.443 e. The zero-order valence-corrected chi connectivity index (χ0v) is 15.2. The summed E-state index contributed by atoms with van der Waals surface area (Å²) >= 11 is 1.20. The first-order valence-corrected chi connectivity index (χ1v) is 9.33. The van der Waals surface area contributed by atoms with Gasteiger partial charge in [0.1, 0.15) is 10.7 Å². The molecule has 27 heavy (non-hydrogen) atoms. The highest BCUT2D eigenvalue weighted by atomic mass is 32.1. The maximum absolute atomic E-state index is 14.2. The second-order valence-electron chi connectivity index (χ2n) is 5.81. The highest BCUT2D eigenvalue weighted by molar-refractivity contribution is 7.11. The molecule has 4 nitrogen and oxygen atoms in total. The van der Waals surface area contributed by atoms with Gasteiger partial charge in [0.25, 0.3) is 5.91 Å². The molecule has 0 aliphatic heterocycles. The number of amides is 1. The molecule has 0 saturated heterocycles. The van der Waals surface area contributed by atoms with E-state index < -0.39 is 23.8 Å². The molecule has 1 amide bonds. The smallest absolute Gasteiger partial charge is 0.349 e. The third-order valence-electron chi connectivity index (χ3n) is 3.93. The summed E-state index contributed by atoms with van der Waals surface area (Å²) in [6.07, 6.45) is -0.730. The van der Waals surface area contributed by atoms with Gasteiger partial charge in [-0.3, -0.25) is 4.79 Å². The number of carbonyl (C=O) groups excluding carboxylic acids is 2. The van der Waals surface area contributed by atoms with Gasteiger partial charge in [0.2, 0.25) is 6.10 Å². The molecule has 0 saturated carbocycles. The Hall–Kier alpha value is -2.99. The van der Waals surface area contributed by atoms with Crippen LogP contribution in [0, 0.1) is 5.82 Å². The van der Waals surface area contributed by atoms with Crippen molar-refractivity contribution in [3.05, 3.63) is 93.9 Å². The SMILES string of the molecule is O=C(OC(C(=O)NCCc1ccccc1)c1ccccc1F)c1cccs1. The van der Waals surface area contributed by atoms with Crippen molar-refractivity contribution in [3.63, 3.8) is 0 Å². The average Bonchev–Trinajstić information content (AvgIpc) is 3.22. The molecule has 1 N–H and O–H groups in total. The molecule has 2 aromatic carbocycles. The van der Waals surface area contributed by atoms with Gasteiger partial charge in [-0.15, -0.1) is 11.3 Å². The van der Waals surface area contributed by atoms with Crippen molar-refractivity contribution >= 4 is 23.2 Å². The average molecular weight is 383 g/mol. The van der Waals surface area contributed by atoms with E-state index in [1.807, 2.05) is 30.3 Å². The van der Waals surface area contributed by atoms with Gasteiger partial charge in [-0.05, 0) is 29.5 Å². The molecule has 3 rings (SSSR count). The van der Waals surface area contributed by atoms with Crippen LogP contribution in [0.2, 0.25) is 0 Å². The molecule has 1 heterocycles. The minimum atomic E-state index is -1.35. The summed E-state index contributed by atoms with van der Waals surface area (Å²) < 4.78 is 19.6. The Morgan fingerprint density at radius 3 is 2.44 bits per heavy atom. The van der Waals surface area contributed by atoms with E-state index in [1.54, 1.807) is 23.6 Å². The fraction of sp³-hybridized carbons (Fsp3) is 0.143. The highest BCUT2D eigenvalue weighted by Crippen LogP contribution is 2.23. The maximum Gasteiger partial charge on any atom is 0.349 e. The van der Waals surface area contributed by atoms with Crippen LogP contribution in [0.15, 0.2) is 72.1 Å². The third kappa shape index (κ3) is 5.01. The summed E-state index contributed by atoms with van der Waals surface area (Å²) in [6.45, 7) is 0.352. The van der Waals surface area contributed by atoms with Crippen LogP contribution in [0.1, 0.15) is 26.9 Å². The van der Waals surface area contributed by atoms with E-state index in [0.29, 0.717) is 17.8 Å². The van der Waals surface area contributed by atoms with Crippen molar-refractivity contribution < 1.29 is 18.7 Å². The summed E-state index contributed by atoms with van der Waals surface area (Å²) in [5.41, 5.74) is 1.09. The van der Waals surface area contributed by atoms with Gasteiger partial charge in [-0.25, -0.2) is 9.18 Å². The second-order valence-corrected chi connectivity index (χ2v) is 6.76. The van der Waals surface area contributed by atoms with E-state index in [-0.39, 0.29) is 5.56 Å². The molecule has 0 radical (unpaired) electrons. The van der Waals surface area contributed by atoms with E-state index in [1.165, 1.54) is 29.5 Å². The van der Waals surface area contributed by atoms with Crippen LogP contribution in [0.5, 0.6) is 0 Å². The topological polar surface area (TPSA) is 55.4 Å². The predicted molar refractivity (Wildman–Crippen MR) is 102 cm³/mol. The van der Waals surface area contributed by atoms with E-state index in [9.17, 15) is 14.0 Å². The highest BCUT2D eigenvalue weighted by Gasteiger charge is 2.28. The summed E-state index contributed by atoms with van der Waals surface area (Å²) in [5.74, 6) is -1.81. The Bertz CT molecular complexity index is 897. The maximum atomic E-state index is 14.2. The molecule has 0 bridgehead atoms. The number of hydrogen-bond acceptors (Lipinski definition) is 4. The van der Waals surface area contributed by atoms with E-state index in [4.69, 9.17) is 4.74 Å². The first-order valence-electron chi connectivity index (χ1n) is 8.45. The summed E-state index contributed by atoms with van der Waals surface area (Å²) in [4.78, 5) is 25.3. The minimum absolute atomic E-state index is 0.0274. The molecule has 0 spiro atoms. The van der Waals surface area contributed by atoms with Gasteiger partial charge in [0.15, 0.2) is 0 Å². The number of nitrogens with one attached hydrogen (secondary N) is 1. The number of thiophene rings is 1. The van der Waals surface area contributed by atoms with Crippen molar-refractivity contribution in [1.82, 2.24) is 5.32 Å². The Labute approximate surface area is 160 Å². The summed E-state index contributed by atoms with van der Waals surface area (Å²) in [5, 5.41) is 4.46.